The van der Waals surface area contributed by atoms with E-state index in [1.54, 1.807) is 0 Å². The van der Waals surface area contributed by atoms with Crippen molar-refractivity contribution in [3.63, 3.8) is 0 Å². The zero-order valence-electron chi connectivity index (χ0n) is 14.7. The van der Waals surface area contributed by atoms with Gasteiger partial charge in [-0.1, -0.05) is 48.0 Å². The first-order valence-electron chi connectivity index (χ1n) is 9.23. The van der Waals surface area contributed by atoms with E-state index in [1.807, 2.05) is 18.2 Å². The molecule has 1 aliphatic carbocycles. The minimum Gasteiger partial charge on any atom is -0.396 e. The molecule has 3 aromatic rings. The van der Waals surface area contributed by atoms with Crippen molar-refractivity contribution in [1.82, 2.24) is 4.98 Å². The maximum Gasteiger partial charge on any atom is 0.0712 e. The van der Waals surface area contributed by atoms with E-state index in [4.69, 9.17) is 21.7 Å². The molecule has 0 saturated carbocycles. The summed E-state index contributed by atoms with van der Waals surface area (Å²) >= 11 is 6.19. The summed E-state index contributed by atoms with van der Waals surface area (Å²) in [7, 11) is 0. The Bertz CT molecular complexity index is 935. The molecular weight excluding hydrogens is 342 g/mol. The predicted octanol–water partition coefficient (Wildman–Crippen LogP) is 5.48. The van der Waals surface area contributed by atoms with E-state index < -0.39 is 0 Å². The Kier molecular flexibility index (Phi) is 5.05. The van der Waals surface area contributed by atoms with Gasteiger partial charge in [-0.25, -0.2) is 0 Å². The van der Waals surface area contributed by atoms with Crippen LogP contribution in [-0.4, -0.2) is 16.7 Å². The van der Waals surface area contributed by atoms with Gasteiger partial charge in [0.15, 0.2) is 0 Å². The average Bonchev–Trinajstić information content (AvgIpc) is 3.14. The Balaban J connectivity index is 1.81. The molecule has 0 saturated heterocycles. The first-order chi connectivity index (χ1) is 12.7. The third-order valence-corrected chi connectivity index (χ3v) is 5.27. The summed E-state index contributed by atoms with van der Waals surface area (Å²) in [6.45, 7) is 0.230. The van der Waals surface area contributed by atoms with E-state index in [0.717, 1.165) is 42.0 Å². The van der Waals surface area contributed by atoms with E-state index in [9.17, 15) is 0 Å². The van der Waals surface area contributed by atoms with E-state index in [-0.39, 0.29) is 6.61 Å². The summed E-state index contributed by atoms with van der Waals surface area (Å²) in [6, 6.07) is 18.8. The molecule has 2 aromatic carbocycles. The highest BCUT2D eigenvalue weighted by atomic mass is 35.5. The Morgan fingerprint density at radius 1 is 0.962 bits per heavy atom. The molecule has 0 bridgehead atoms. The SMILES string of the molecule is OCCCc1cccc(-c2cc(-c3cccc(Cl)c3)nc3c2CCC3)c1. The Hall–Kier alpha value is -2.16. The van der Waals surface area contributed by atoms with Crippen molar-refractivity contribution >= 4 is 11.6 Å². The van der Waals surface area contributed by atoms with Gasteiger partial charge < -0.3 is 5.11 Å². The third-order valence-electron chi connectivity index (χ3n) is 5.03. The zero-order valence-corrected chi connectivity index (χ0v) is 15.5. The second-order valence-electron chi connectivity index (χ2n) is 6.87. The van der Waals surface area contributed by atoms with Crippen LogP contribution in [0.5, 0.6) is 0 Å². The molecule has 0 spiro atoms. The number of rotatable bonds is 5. The summed E-state index contributed by atoms with van der Waals surface area (Å²) in [6.07, 6.45) is 5.00. The molecule has 0 radical (unpaired) electrons. The molecule has 3 heteroatoms. The second kappa shape index (κ2) is 7.61. The highest BCUT2D eigenvalue weighted by Crippen LogP contribution is 2.35. The standard InChI is InChI=1S/C23H22ClNO/c24-19-9-2-8-18(14-19)23-15-21(20-10-3-11-22(20)25-23)17-7-1-5-16(13-17)6-4-12-26/h1-2,5,7-9,13-15,26H,3-4,6,10-12H2. The smallest absolute Gasteiger partial charge is 0.0712 e. The van der Waals surface area contributed by atoms with Crippen molar-refractivity contribution in [3.05, 3.63) is 76.4 Å². The Morgan fingerprint density at radius 2 is 1.81 bits per heavy atom. The minimum atomic E-state index is 0.230. The normalized spacial score (nSPS) is 13.0. The van der Waals surface area contributed by atoms with E-state index in [0.29, 0.717) is 0 Å². The first kappa shape index (κ1) is 17.3. The van der Waals surface area contributed by atoms with Gasteiger partial charge in [-0.3, -0.25) is 4.98 Å². The number of halogens is 1. The van der Waals surface area contributed by atoms with Crippen LogP contribution in [0.1, 0.15) is 29.7 Å². The van der Waals surface area contributed by atoms with Gasteiger partial charge in [-0.15, -0.1) is 0 Å². The number of hydrogen-bond donors (Lipinski definition) is 1. The van der Waals surface area contributed by atoms with Gasteiger partial charge in [0.25, 0.3) is 0 Å². The summed E-state index contributed by atoms with van der Waals surface area (Å²) in [4.78, 5) is 4.93. The molecule has 0 atom stereocenters. The van der Waals surface area contributed by atoms with Crippen molar-refractivity contribution in [2.24, 2.45) is 0 Å². The molecule has 0 fully saturated rings. The van der Waals surface area contributed by atoms with E-state index in [2.05, 4.69) is 36.4 Å². The number of aryl methyl sites for hydroxylation is 2. The van der Waals surface area contributed by atoms with Gasteiger partial charge in [-0.2, -0.15) is 0 Å². The molecule has 1 aromatic heterocycles. The fourth-order valence-electron chi connectivity index (χ4n) is 3.77. The van der Waals surface area contributed by atoms with Gasteiger partial charge >= 0.3 is 0 Å². The summed E-state index contributed by atoms with van der Waals surface area (Å²) in [5, 5.41) is 9.84. The largest absolute Gasteiger partial charge is 0.396 e. The molecule has 4 rings (SSSR count). The van der Waals surface area contributed by atoms with Crippen molar-refractivity contribution in [3.8, 4) is 22.4 Å². The van der Waals surface area contributed by atoms with Crippen LogP contribution in [0.25, 0.3) is 22.4 Å². The topological polar surface area (TPSA) is 33.1 Å². The van der Waals surface area contributed by atoms with Crippen LogP contribution in [0.2, 0.25) is 5.02 Å². The predicted molar refractivity (Wildman–Crippen MR) is 108 cm³/mol. The summed E-state index contributed by atoms with van der Waals surface area (Å²) < 4.78 is 0. The minimum absolute atomic E-state index is 0.230. The zero-order chi connectivity index (χ0) is 17.9. The molecular formula is C23H22ClNO. The highest BCUT2D eigenvalue weighted by Gasteiger charge is 2.19. The van der Waals surface area contributed by atoms with E-state index >= 15 is 0 Å². The van der Waals surface area contributed by atoms with Crippen molar-refractivity contribution < 1.29 is 5.11 Å². The summed E-state index contributed by atoms with van der Waals surface area (Å²) in [5.41, 5.74) is 8.45. The number of aliphatic hydroxyl groups excluding tert-OH is 1. The fraction of sp³-hybridized carbons (Fsp3) is 0.261. The van der Waals surface area contributed by atoms with Crippen LogP contribution in [0, 0.1) is 0 Å². The Morgan fingerprint density at radius 3 is 2.65 bits per heavy atom. The molecule has 0 aliphatic heterocycles. The van der Waals surface area contributed by atoms with Gasteiger partial charge in [0.1, 0.15) is 0 Å². The van der Waals surface area contributed by atoms with Crippen molar-refractivity contribution in [2.75, 3.05) is 6.61 Å². The third kappa shape index (κ3) is 3.53. The van der Waals surface area contributed by atoms with Crippen LogP contribution in [0.4, 0.5) is 0 Å². The molecule has 26 heavy (non-hydrogen) atoms. The molecule has 0 amide bonds. The molecule has 0 unspecified atom stereocenters. The van der Waals surface area contributed by atoms with Gasteiger partial charge in [0, 0.05) is 22.9 Å². The molecule has 1 heterocycles. The lowest BCUT2D eigenvalue weighted by Gasteiger charge is -2.13. The quantitative estimate of drug-likeness (QED) is 0.650. The lowest BCUT2D eigenvalue weighted by molar-refractivity contribution is 0.288. The molecule has 132 valence electrons. The number of hydrogen-bond acceptors (Lipinski definition) is 2. The molecule has 1 N–H and O–H groups in total. The van der Waals surface area contributed by atoms with Gasteiger partial charge in [0.2, 0.25) is 0 Å². The number of benzene rings is 2. The average molecular weight is 364 g/mol. The number of aromatic nitrogens is 1. The fourth-order valence-corrected chi connectivity index (χ4v) is 3.96. The first-order valence-corrected chi connectivity index (χ1v) is 9.61. The number of pyridine rings is 1. The van der Waals surface area contributed by atoms with Crippen LogP contribution < -0.4 is 0 Å². The van der Waals surface area contributed by atoms with Crippen LogP contribution >= 0.6 is 11.6 Å². The monoisotopic (exact) mass is 363 g/mol. The number of nitrogens with zero attached hydrogens (tertiary/aromatic N) is 1. The highest BCUT2D eigenvalue weighted by molar-refractivity contribution is 6.30. The molecule has 1 aliphatic rings. The number of fused-ring (bicyclic) bond motifs is 1. The second-order valence-corrected chi connectivity index (χ2v) is 7.31. The maximum absolute atomic E-state index is 9.11. The van der Waals surface area contributed by atoms with Crippen LogP contribution in [0.15, 0.2) is 54.6 Å². The van der Waals surface area contributed by atoms with E-state index in [1.165, 1.54) is 34.4 Å². The number of aliphatic hydroxyl groups is 1. The van der Waals surface area contributed by atoms with Crippen LogP contribution in [0.3, 0.4) is 0 Å². The van der Waals surface area contributed by atoms with Crippen molar-refractivity contribution in [2.45, 2.75) is 32.1 Å². The van der Waals surface area contributed by atoms with Gasteiger partial charge in [0.05, 0.1) is 5.69 Å². The lowest BCUT2D eigenvalue weighted by atomic mass is 9.95. The van der Waals surface area contributed by atoms with Crippen molar-refractivity contribution in [1.29, 1.82) is 0 Å². The lowest BCUT2D eigenvalue weighted by Crippen LogP contribution is -1.97. The van der Waals surface area contributed by atoms with Gasteiger partial charge in [-0.05, 0) is 72.6 Å². The molecule has 2 nitrogen and oxygen atoms in total. The van der Waals surface area contributed by atoms with Crippen LogP contribution in [-0.2, 0) is 19.3 Å². The maximum atomic E-state index is 9.11. The Labute approximate surface area is 159 Å². The summed E-state index contributed by atoms with van der Waals surface area (Å²) in [5.74, 6) is 0.